The Morgan fingerprint density at radius 2 is 1.80 bits per heavy atom. The maximum absolute atomic E-state index is 11.1. The Balaban J connectivity index is 2.24. The summed E-state index contributed by atoms with van der Waals surface area (Å²) in [6.45, 7) is 0. The molecule has 0 fully saturated rings. The van der Waals surface area contributed by atoms with E-state index in [0.29, 0.717) is 17.0 Å². The first-order chi connectivity index (χ1) is 9.70. The number of methoxy groups -OCH3 is 1. The Morgan fingerprint density at radius 1 is 1.15 bits per heavy atom. The zero-order valence-electron chi connectivity index (χ0n) is 10.8. The van der Waals surface area contributed by atoms with E-state index in [1.54, 1.807) is 36.4 Å². The van der Waals surface area contributed by atoms with Gasteiger partial charge in [-0.05, 0) is 41.3 Å². The summed E-state index contributed by atoms with van der Waals surface area (Å²) in [5, 5.41) is 14.9. The Morgan fingerprint density at radius 3 is 2.35 bits per heavy atom. The number of nitrogens with one attached hydrogen (secondary N) is 1. The van der Waals surface area contributed by atoms with Gasteiger partial charge in [0, 0.05) is 0 Å². The fraction of sp³-hybridized carbons (Fsp3) is 0.0714. The molecule has 0 aliphatic heterocycles. The van der Waals surface area contributed by atoms with E-state index in [2.05, 4.69) is 10.5 Å². The predicted octanol–water partition coefficient (Wildman–Crippen LogP) is 2.75. The van der Waals surface area contributed by atoms with Crippen molar-refractivity contribution in [2.45, 2.75) is 0 Å². The van der Waals surface area contributed by atoms with Crippen LogP contribution >= 0.6 is 0 Å². The quantitative estimate of drug-likeness (QED) is 0.401. The van der Waals surface area contributed by atoms with Gasteiger partial charge in [0.15, 0.2) is 0 Å². The van der Waals surface area contributed by atoms with E-state index >= 15 is 0 Å². The van der Waals surface area contributed by atoms with Crippen LogP contribution in [0.5, 0.6) is 5.75 Å². The van der Waals surface area contributed by atoms with Crippen molar-refractivity contribution in [3.8, 4) is 5.75 Å². The second kappa shape index (κ2) is 6.33. The molecule has 0 unspecified atom stereocenters. The van der Waals surface area contributed by atoms with E-state index in [-0.39, 0.29) is 5.84 Å². The zero-order chi connectivity index (χ0) is 14.4. The number of rotatable bonds is 4. The molecule has 20 heavy (non-hydrogen) atoms. The molecule has 2 rings (SSSR count). The van der Waals surface area contributed by atoms with Gasteiger partial charge in [-0.15, -0.1) is 0 Å². The summed E-state index contributed by atoms with van der Waals surface area (Å²) >= 11 is 0. The third kappa shape index (κ3) is 3.32. The third-order valence-electron chi connectivity index (χ3n) is 2.59. The van der Waals surface area contributed by atoms with Gasteiger partial charge in [0.1, 0.15) is 5.75 Å². The number of hydrogen-bond donors (Lipinski definition) is 1. The van der Waals surface area contributed by atoms with Gasteiger partial charge < -0.3 is 14.9 Å². The number of amidine groups is 1. The first kappa shape index (κ1) is 13.5. The standard InChI is InChI=1S/C14H13N3O3/c1-20-13-9-7-11(8-10-13)14(17(18)19)16-15-12-5-3-2-4-6-12/h2-10,15H,1H3. The van der Waals surface area contributed by atoms with Gasteiger partial charge in [0.05, 0.1) is 23.5 Å². The molecule has 0 amide bonds. The highest BCUT2D eigenvalue weighted by atomic mass is 16.6. The summed E-state index contributed by atoms with van der Waals surface area (Å²) < 4.78 is 5.01. The van der Waals surface area contributed by atoms with Crippen LogP contribution in [0.15, 0.2) is 59.7 Å². The molecule has 0 saturated carbocycles. The topological polar surface area (TPSA) is 76.8 Å². The van der Waals surface area contributed by atoms with Crippen LogP contribution in [-0.2, 0) is 0 Å². The lowest BCUT2D eigenvalue weighted by atomic mass is 10.2. The molecule has 0 spiro atoms. The van der Waals surface area contributed by atoms with Crippen LogP contribution in [0.25, 0.3) is 0 Å². The van der Waals surface area contributed by atoms with Gasteiger partial charge in [-0.1, -0.05) is 18.2 Å². The molecule has 0 aromatic heterocycles. The highest BCUT2D eigenvalue weighted by Gasteiger charge is 2.16. The van der Waals surface area contributed by atoms with Gasteiger partial charge in [-0.2, -0.15) is 5.43 Å². The van der Waals surface area contributed by atoms with Gasteiger partial charge in [-0.3, -0.25) is 0 Å². The summed E-state index contributed by atoms with van der Waals surface area (Å²) in [5.41, 5.74) is 3.75. The third-order valence-corrected chi connectivity index (χ3v) is 2.59. The van der Waals surface area contributed by atoms with Gasteiger partial charge >= 0.3 is 5.84 Å². The average molecular weight is 271 g/mol. The molecule has 1 N–H and O–H groups in total. The maximum atomic E-state index is 11.1. The summed E-state index contributed by atoms with van der Waals surface area (Å²) in [4.78, 5) is 10.5. The van der Waals surface area contributed by atoms with Crippen molar-refractivity contribution in [3.63, 3.8) is 0 Å². The molecular formula is C14H13N3O3. The van der Waals surface area contributed by atoms with Crippen LogP contribution in [0.2, 0.25) is 0 Å². The van der Waals surface area contributed by atoms with Crippen LogP contribution in [0.1, 0.15) is 5.56 Å². The minimum absolute atomic E-state index is 0.253. The van der Waals surface area contributed by atoms with Crippen molar-refractivity contribution < 1.29 is 9.66 Å². The van der Waals surface area contributed by atoms with Crippen molar-refractivity contribution in [2.24, 2.45) is 5.10 Å². The smallest absolute Gasteiger partial charge is 0.395 e. The molecule has 0 saturated heterocycles. The van der Waals surface area contributed by atoms with Gasteiger partial charge in [0.25, 0.3) is 0 Å². The number of anilines is 1. The molecule has 0 atom stereocenters. The van der Waals surface area contributed by atoms with E-state index in [0.717, 1.165) is 0 Å². The number of benzene rings is 2. The van der Waals surface area contributed by atoms with Gasteiger partial charge in [-0.25, -0.2) is 0 Å². The van der Waals surface area contributed by atoms with Crippen LogP contribution in [0.4, 0.5) is 5.69 Å². The number of hydrazone groups is 1. The first-order valence-corrected chi connectivity index (χ1v) is 5.88. The largest absolute Gasteiger partial charge is 0.497 e. The molecule has 6 heteroatoms. The number of para-hydroxylation sites is 1. The van der Waals surface area contributed by atoms with E-state index in [1.807, 2.05) is 18.2 Å². The summed E-state index contributed by atoms with van der Waals surface area (Å²) in [7, 11) is 1.54. The lowest BCUT2D eigenvalue weighted by molar-refractivity contribution is -0.349. The summed E-state index contributed by atoms with van der Waals surface area (Å²) in [6, 6.07) is 15.5. The number of ether oxygens (including phenoxy) is 1. The Hall–Kier alpha value is -2.89. The molecule has 0 heterocycles. The first-order valence-electron chi connectivity index (χ1n) is 5.88. The van der Waals surface area contributed by atoms with Gasteiger partial charge in [0.2, 0.25) is 0 Å². The molecule has 102 valence electrons. The van der Waals surface area contributed by atoms with Crippen molar-refractivity contribution >= 4 is 11.5 Å². The van der Waals surface area contributed by atoms with Crippen LogP contribution in [-0.4, -0.2) is 17.9 Å². The monoisotopic (exact) mass is 271 g/mol. The molecule has 0 aliphatic rings. The zero-order valence-corrected chi connectivity index (χ0v) is 10.8. The van der Waals surface area contributed by atoms with Crippen molar-refractivity contribution in [3.05, 3.63) is 70.3 Å². The minimum atomic E-state index is -0.530. The van der Waals surface area contributed by atoms with Crippen molar-refractivity contribution in [1.82, 2.24) is 0 Å². The Kier molecular flexibility index (Phi) is 4.28. The fourth-order valence-corrected chi connectivity index (χ4v) is 1.58. The SMILES string of the molecule is COc1ccc(C(=NNc2ccccc2)[N+](=O)[O-])cc1. The molecule has 2 aromatic carbocycles. The average Bonchev–Trinajstić information content (AvgIpc) is 2.49. The number of hydrogen-bond acceptors (Lipinski definition) is 5. The Labute approximate surface area is 115 Å². The van der Waals surface area contributed by atoms with Crippen molar-refractivity contribution in [1.29, 1.82) is 0 Å². The molecule has 0 radical (unpaired) electrons. The van der Waals surface area contributed by atoms with E-state index < -0.39 is 4.92 Å². The number of nitrogens with zero attached hydrogens (tertiary/aromatic N) is 2. The molecule has 0 bridgehead atoms. The van der Waals surface area contributed by atoms with E-state index in [1.165, 1.54) is 7.11 Å². The Bertz CT molecular complexity index is 609. The van der Waals surface area contributed by atoms with Crippen molar-refractivity contribution in [2.75, 3.05) is 12.5 Å². The predicted molar refractivity (Wildman–Crippen MR) is 76.6 cm³/mol. The normalized spacial score (nSPS) is 10.9. The van der Waals surface area contributed by atoms with Crippen LogP contribution < -0.4 is 10.2 Å². The van der Waals surface area contributed by atoms with E-state index in [9.17, 15) is 10.1 Å². The lowest BCUT2D eigenvalue weighted by Gasteiger charge is -2.01. The maximum Gasteiger partial charge on any atom is 0.395 e. The minimum Gasteiger partial charge on any atom is -0.497 e. The van der Waals surface area contributed by atoms with Crippen LogP contribution in [0.3, 0.4) is 0 Å². The molecule has 0 aliphatic carbocycles. The highest BCUT2D eigenvalue weighted by Crippen LogP contribution is 2.13. The highest BCUT2D eigenvalue weighted by molar-refractivity contribution is 5.93. The molecule has 2 aromatic rings. The molecule has 6 nitrogen and oxygen atoms in total. The lowest BCUT2D eigenvalue weighted by Crippen LogP contribution is -2.15. The fourth-order valence-electron chi connectivity index (χ4n) is 1.58. The van der Waals surface area contributed by atoms with E-state index in [4.69, 9.17) is 4.74 Å². The van der Waals surface area contributed by atoms with Crippen LogP contribution in [0, 0.1) is 10.1 Å². The second-order valence-electron chi connectivity index (χ2n) is 3.90. The second-order valence-corrected chi connectivity index (χ2v) is 3.90. The number of nitro groups is 1. The summed E-state index contributed by atoms with van der Waals surface area (Å²) in [5.74, 6) is 0.379. The summed E-state index contributed by atoms with van der Waals surface area (Å²) in [6.07, 6.45) is 0. The molecular weight excluding hydrogens is 258 g/mol.